The summed E-state index contributed by atoms with van der Waals surface area (Å²) in [5.41, 5.74) is 5.50. The largest absolute Gasteiger partial charge is 0.0616 e. The first-order valence-electron chi connectivity index (χ1n) is 9.88. The van der Waals surface area contributed by atoms with E-state index in [9.17, 15) is 0 Å². The van der Waals surface area contributed by atoms with Gasteiger partial charge in [0.1, 0.15) is 0 Å². The molecule has 0 spiro atoms. The van der Waals surface area contributed by atoms with Crippen LogP contribution in [0.25, 0.3) is 21.5 Å². The van der Waals surface area contributed by atoms with Crippen LogP contribution in [0.2, 0.25) is 0 Å². The minimum absolute atomic E-state index is 0.968. The van der Waals surface area contributed by atoms with Crippen LogP contribution >= 0.6 is 0 Å². The van der Waals surface area contributed by atoms with Crippen molar-refractivity contribution in [3.63, 3.8) is 0 Å². The first-order chi connectivity index (χ1) is 13.9. The Morgan fingerprint density at radius 3 is 1.21 bits per heavy atom. The standard InChI is InChI=1S/C28H22/c1-3-13-27-23(7-1)9-5-11-25(27)19-21-15-17-22(18-16-21)20-26-12-6-10-24-8-2-4-14-28(24)26/h1-18H,19-20H2. The third-order valence-electron chi connectivity index (χ3n) is 5.57. The highest BCUT2D eigenvalue weighted by Gasteiger charge is 2.04. The Hall–Kier alpha value is -3.38. The summed E-state index contributed by atoms with van der Waals surface area (Å²) in [6.45, 7) is 0. The highest BCUT2D eigenvalue weighted by Crippen LogP contribution is 2.24. The molecule has 0 saturated carbocycles. The van der Waals surface area contributed by atoms with Crippen LogP contribution in [0.3, 0.4) is 0 Å². The Labute approximate surface area is 166 Å². The SMILES string of the molecule is c1ccc2c(Cc3ccc(Cc4cccc5ccccc45)cc3)cccc2c1. The molecule has 0 N–H and O–H groups in total. The van der Waals surface area contributed by atoms with Gasteiger partial charge in [-0.2, -0.15) is 0 Å². The molecule has 5 aromatic carbocycles. The average molecular weight is 358 g/mol. The summed E-state index contributed by atoms with van der Waals surface area (Å²) in [7, 11) is 0. The lowest BCUT2D eigenvalue weighted by molar-refractivity contribution is 1.17. The van der Waals surface area contributed by atoms with E-state index in [0.717, 1.165) is 12.8 Å². The van der Waals surface area contributed by atoms with Crippen molar-refractivity contribution in [2.45, 2.75) is 12.8 Å². The highest BCUT2D eigenvalue weighted by atomic mass is 14.1. The molecule has 5 aromatic rings. The smallest absolute Gasteiger partial charge is 0.00196 e. The van der Waals surface area contributed by atoms with Crippen LogP contribution in [0.1, 0.15) is 22.3 Å². The monoisotopic (exact) mass is 358 g/mol. The molecule has 0 fully saturated rings. The lowest BCUT2D eigenvalue weighted by Gasteiger charge is -2.09. The molecule has 5 rings (SSSR count). The number of hydrogen-bond acceptors (Lipinski definition) is 0. The molecule has 0 heterocycles. The van der Waals surface area contributed by atoms with Crippen LogP contribution < -0.4 is 0 Å². The first kappa shape index (κ1) is 16.8. The van der Waals surface area contributed by atoms with E-state index in [1.54, 1.807) is 0 Å². The van der Waals surface area contributed by atoms with Crippen molar-refractivity contribution in [2.24, 2.45) is 0 Å². The second-order valence-electron chi connectivity index (χ2n) is 7.45. The van der Waals surface area contributed by atoms with Crippen molar-refractivity contribution in [1.29, 1.82) is 0 Å². The van der Waals surface area contributed by atoms with E-state index in [4.69, 9.17) is 0 Å². The van der Waals surface area contributed by atoms with Crippen molar-refractivity contribution in [1.82, 2.24) is 0 Å². The zero-order valence-corrected chi connectivity index (χ0v) is 15.8. The molecule has 0 aliphatic carbocycles. The van der Waals surface area contributed by atoms with Gasteiger partial charge >= 0.3 is 0 Å². The van der Waals surface area contributed by atoms with Crippen molar-refractivity contribution in [3.8, 4) is 0 Å². The predicted molar refractivity (Wildman–Crippen MR) is 120 cm³/mol. The molecule has 0 bridgehead atoms. The van der Waals surface area contributed by atoms with Crippen molar-refractivity contribution >= 4 is 21.5 Å². The van der Waals surface area contributed by atoms with Gasteiger partial charge in [-0.15, -0.1) is 0 Å². The Morgan fingerprint density at radius 1 is 0.357 bits per heavy atom. The van der Waals surface area contributed by atoms with E-state index in [1.807, 2.05) is 0 Å². The quantitative estimate of drug-likeness (QED) is 0.319. The maximum atomic E-state index is 2.28. The summed E-state index contributed by atoms with van der Waals surface area (Å²) in [5.74, 6) is 0. The molecule has 0 aliphatic heterocycles. The Morgan fingerprint density at radius 2 is 0.750 bits per heavy atom. The molecule has 0 amide bonds. The Balaban J connectivity index is 1.40. The number of benzene rings is 5. The van der Waals surface area contributed by atoms with Gasteiger partial charge in [0.05, 0.1) is 0 Å². The zero-order valence-electron chi connectivity index (χ0n) is 15.8. The van der Waals surface area contributed by atoms with Crippen molar-refractivity contribution in [3.05, 3.63) is 131 Å². The van der Waals surface area contributed by atoms with E-state index in [-0.39, 0.29) is 0 Å². The van der Waals surface area contributed by atoms with E-state index >= 15 is 0 Å². The highest BCUT2D eigenvalue weighted by molar-refractivity contribution is 5.86. The minimum atomic E-state index is 0.968. The topological polar surface area (TPSA) is 0 Å². The molecular weight excluding hydrogens is 336 g/mol. The summed E-state index contributed by atoms with van der Waals surface area (Å²) >= 11 is 0. The lowest BCUT2D eigenvalue weighted by atomic mass is 9.95. The third kappa shape index (κ3) is 3.30. The van der Waals surface area contributed by atoms with E-state index in [1.165, 1.54) is 43.8 Å². The molecule has 134 valence electrons. The molecule has 0 atom stereocenters. The van der Waals surface area contributed by atoms with Crippen LogP contribution in [0.4, 0.5) is 0 Å². The normalized spacial score (nSPS) is 11.1. The van der Waals surface area contributed by atoms with Crippen LogP contribution in [0, 0.1) is 0 Å². The molecule has 0 aliphatic rings. The fraction of sp³-hybridized carbons (Fsp3) is 0.0714. The van der Waals surface area contributed by atoms with Crippen molar-refractivity contribution in [2.75, 3.05) is 0 Å². The molecular formula is C28H22. The van der Waals surface area contributed by atoms with Gasteiger partial charge in [-0.3, -0.25) is 0 Å². The Kier molecular flexibility index (Phi) is 4.39. The van der Waals surface area contributed by atoms with Crippen LogP contribution in [0.5, 0.6) is 0 Å². The first-order valence-corrected chi connectivity index (χ1v) is 9.88. The second-order valence-corrected chi connectivity index (χ2v) is 7.45. The van der Waals surface area contributed by atoms with Gasteiger partial charge < -0.3 is 0 Å². The van der Waals surface area contributed by atoms with E-state index < -0.39 is 0 Å². The maximum Gasteiger partial charge on any atom is -0.00196 e. The van der Waals surface area contributed by atoms with E-state index in [2.05, 4.69) is 109 Å². The number of rotatable bonds is 4. The number of fused-ring (bicyclic) bond motifs is 2. The van der Waals surface area contributed by atoms with Gasteiger partial charge in [0.2, 0.25) is 0 Å². The minimum Gasteiger partial charge on any atom is -0.0616 e. The predicted octanol–water partition coefficient (Wildman–Crippen LogP) is 7.17. The van der Waals surface area contributed by atoms with Crippen LogP contribution in [-0.4, -0.2) is 0 Å². The molecule has 28 heavy (non-hydrogen) atoms. The maximum absolute atomic E-state index is 2.28. The Bertz CT molecular complexity index is 1140. The van der Waals surface area contributed by atoms with Crippen molar-refractivity contribution < 1.29 is 0 Å². The molecule has 0 saturated heterocycles. The summed E-state index contributed by atoms with van der Waals surface area (Å²) in [6, 6.07) is 39.6. The molecule has 0 unspecified atom stereocenters. The van der Waals surface area contributed by atoms with Gasteiger partial charge in [0.25, 0.3) is 0 Å². The van der Waals surface area contributed by atoms with Gasteiger partial charge in [0.15, 0.2) is 0 Å². The summed E-state index contributed by atoms with van der Waals surface area (Å²) in [5, 5.41) is 5.33. The summed E-state index contributed by atoms with van der Waals surface area (Å²) in [6.07, 6.45) is 1.94. The van der Waals surface area contributed by atoms with Gasteiger partial charge in [0, 0.05) is 0 Å². The third-order valence-corrected chi connectivity index (χ3v) is 5.57. The van der Waals surface area contributed by atoms with Gasteiger partial charge in [-0.25, -0.2) is 0 Å². The van der Waals surface area contributed by atoms with Crippen LogP contribution in [-0.2, 0) is 12.8 Å². The van der Waals surface area contributed by atoms with Gasteiger partial charge in [-0.1, -0.05) is 109 Å². The second kappa shape index (κ2) is 7.32. The fourth-order valence-corrected chi connectivity index (χ4v) is 4.11. The molecule has 0 aromatic heterocycles. The molecule has 0 nitrogen and oxygen atoms in total. The molecule has 0 radical (unpaired) electrons. The number of hydrogen-bond donors (Lipinski definition) is 0. The molecule has 0 heteroatoms. The lowest BCUT2D eigenvalue weighted by Crippen LogP contribution is -1.93. The van der Waals surface area contributed by atoms with E-state index in [0.29, 0.717) is 0 Å². The van der Waals surface area contributed by atoms with Crippen LogP contribution in [0.15, 0.2) is 109 Å². The summed E-state index contributed by atoms with van der Waals surface area (Å²) < 4.78 is 0. The van der Waals surface area contributed by atoms with Gasteiger partial charge in [-0.05, 0) is 56.6 Å². The zero-order chi connectivity index (χ0) is 18.8. The fourth-order valence-electron chi connectivity index (χ4n) is 4.11. The average Bonchev–Trinajstić information content (AvgIpc) is 2.76. The summed E-state index contributed by atoms with van der Waals surface area (Å²) in [4.78, 5) is 0.